The van der Waals surface area contributed by atoms with Gasteiger partial charge in [0.15, 0.2) is 5.13 Å². The van der Waals surface area contributed by atoms with Gasteiger partial charge in [0.1, 0.15) is 0 Å². The summed E-state index contributed by atoms with van der Waals surface area (Å²) >= 11 is 1.33. The van der Waals surface area contributed by atoms with Gasteiger partial charge in [-0.3, -0.25) is 9.59 Å². The minimum Gasteiger partial charge on any atom is -0.356 e. The van der Waals surface area contributed by atoms with E-state index in [1.807, 2.05) is 0 Å². The zero-order chi connectivity index (χ0) is 12.7. The minimum absolute atomic E-state index is 0.0295. The number of nitrogens with one attached hydrogen (secondary N) is 2. The van der Waals surface area contributed by atoms with Crippen LogP contribution in [0.2, 0.25) is 0 Å². The topological polar surface area (TPSA) is 71.1 Å². The van der Waals surface area contributed by atoms with E-state index in [2.05, 4.69) is 22.5 Å². The Morgan fingerprint density at radius 2 is 2.24 bits per heavy atom. The van der Waals surface area contributed by atoms with E-state index in [0.717, 1.165) is 12.8 Å². The maximum atomic E-state index is 11.5. The number of nitrogens with zero attached hydrogens (tertiary/aromatic N) is 1. The quantitative estimate of drug-likeness (QED) is 0.758. The second-order valence-electron chi connectivity index (χ2n) is 3.71. The van der Waals surface area contributed by atoms with Crippen molar-refractivity contribution in [3.05, 3.63) is 11.1 Å². The maximum Gasteiger partial charge on any atom is 0.226 e. The van der Waals surface area contributed by atoms with Crippen molar-refractivity contribution in [1.29, 1.82) is 0 Å². The fourth-order valence-corrected chi connectivity index (χ4v) is 1.98. The number of unbranched alkanes of at least 4 members (excludes halogenated alkanes) is 1. The number of anilines is 1. The van der Waals surface area contributed by atoms with E-state index in [4.69, 9.17) is 0 Å². The first-order chi connectivity index (χ1) is 8.11. The van der Waals surface area contributed by atoms with Crippen molar-refractivity contribution in [2.45, 2.75) is 33.1 Å². The highest BCUT2D eigenvalue weighted by atomic mass is 32.1. The minimum atomic E-state index is -0.154. The summed E-state index contributed by atoms with van der Waals surface area (Å²) in [6, 6.07) is 0. The highest BCUT2D eigenvalue weighted by molar-refractivity contribution is 7.13. The van der Waals surface area contributed by atoms with Crippen LogP contribution in [0.5, 0.6) is 0 Å². The first-order valence-electron chi connectivity index (χ1n) is 5.60. The molecule has 2 amide bonds. The van der Waals surface area contributed by atoms with Crippen molar-refractivity contribution in [1.82, 2.24) is 10.3 Å². The van der Waals surface area contributed by atoms with Gasteiger partial charge in [0.2, 0.25) is 11.8 Å². The molecule has 0 aromatic carbocycles. The van der Waals surface area contributed by atoms with E-state index in [1.54, 1.807) is 5.38 Å². The number of hydrogen-bond donors (Lipinski definition) is 2. The molecule has 5 nitrogen and oxygen atoms in total. The highest BCUT2D eigenvalue weighted by Gasteiger charge is 2.07. The lowest BCUT2D eigenvalue weighted by Gasteiger charge is -2.01. The molecule has 94 valence electrons. The SMILES string of the molecule is CCCCNC(=O)Cc1csc(NC(C)=O)n1. The summed E-state index contributed by atoms with van der Waals surface area (Å²) in [4.78, 5) is 26.4. The number of carbonyl (C=O) groups is 2. The van der Waals surface area contributed by atoms with Crippen molar-refractivity contribution in [2.75, 3.05) is 11.9 Å². The molecule has 17 heavy (non-hydrogen) atoms. The van der Waals surface area contributed by atoms with E-state index in [9.17, 15) is 9.59 Å². The molecule has 0 saturated carbocycles. The molecule has 0 aliphatic rings. The van der Waals surface area contributed by atoms with Crippen molar-refractivity contribution < 1.29 is 9.59 Å². The molecular weight excluding hydrogens is 238 g/mol. The van der Waals surface area contributed by atoms with Crippen molar-refractivity contribution in [2.24, 2.45) is 0 Å². The summed E-state index contributed by atoms with van der Waals surface area (Å²) in [6.45, 7) is 4.21. The summed E-state index contributed by atoms with van der Waals surface area (Å²) in [5.74, 6) is -0.184. The molecule has 0 spiro atoms. The fraction of sp³-hybridized carbons (Fsp3) is 0.545. The Bertz CT molecular complexity index is 390. The van der Waals surface area contributed by atoms with E-state index in [1.165, 1.54) is 18.3 Å². The molecule has 0 atom stereocenters. The van der Waals surface area contributed by atoms with Gasteiger partial charge in [0.05, 0.1) is 12.1 Å². The molecule has 1 aromatic rings. The Morgan fingerprint density at radius 1 is 1.47 bits per heavy atom. The van der Waals surface area contributed by atoms with E-state index in [0.29, 0.717) is 17.4 Å². The third kappa shape index (κ3) is 5.44. The molecule has 6 heteroatoms. The lowest BCUT2D eigenvalue weighted by Crippen LogP contribution is -2.26. The van der Waals surface area contributed by atoms with Crippen molar-refractivity contribution in [3.63, 3.8) is 0 Å². The predicted molar refractivity (Wildman–Crippen MR) is 68.0 cm³/mol. The average Bonchev–Trinajstić information content (AvgIpc) is 2.64. The molecule has 1 rings (SSSR count). The predicted octanol–water partition coefficient (Wildman–Crippen LogP) is 1.56. The van der Waals surface area contributed by atoms with Gasteiger partial charge in [-0.15, -0.1) is 11.3 Å². The first-order valence-corrected chi connectivity index (χ1v) is 6.48. The van der Waals surface area contributed by atoms with Crippen LogP contribution in [0.3, 0.4) is 0 Å². The van der Waals surface area contributed by atoms with Gasteiger partial charge in [-0.1, -0.05) is 13.3 Å². The molecule has 0 fully saturated rings. The maximum absolute atomic E-state index is 11.5. The monoisotopic (exact) mass is 255 g/mol. The zero-order valence-corrected chi connectivity index (χ0v) is 10.9. The second-order valence-corrected chi connectivity index (χ2v) is 4.56. The molecule has 1 heterocycles. The second kappa shape index (κ2) is 7.01. The van der Waals surface area contributed by atoms with Gasteiger partial charge in [0.25, 0.3) is 0 Å². The Hall–Kier alpha value is -1.43. The lowest BCUT2D eigenvalue weighted by molar-refractivity contribution is -0.120. The third-order valence-electron chi connectivity index (χ3n) is 2.03. The number of thiazole rings is 1. The van der Waals surface area contributed by atoms with E-state index >= 15 is 0 Å². The van der Waals surface area contributed by atoms with Crippen molar-refractivity contribution in [3.8, 4) is 0 Å². The summed E-state index contributed by atoms with van der Waals surface area (Å²) in [5, 5.41) is 7.73. The summed E-state index contributed by atoms with van der Waals surface area (Å²) in [6.07, 6.45) is 2.31. The Kier molecular flexibility index (Phi) is 5.62. The van der Waals surface area contributed by atoms with Crippen LogP contribution >= 0.6 is 11.3 Å². The number of rotatable bonds is 6. The average molecular weight is 255 g/mol. The number of carbonyl (C=O) groups excluding carboxylic acids is 2. The Labute approximate surface area is 105 Å². The Balaban J connectivity index is 2.38. The van der Waals surface area contributed by atoms with Gasteiger partial charge in [-0.05, 0) is 6.42 Å². The van der Waals surface area contributed by atoms with Crippen LogP contribution in [0.1, 0.15) is 32.4 Å². The molecule has 0 saturated heterocycles. The fourth-order valence-electron chi connectivity index (χ4n) is 1.23. The third-order valence-corrected chi connectivity index (χ3v) is 2.84. The van der Waals surface area contributed by atoms with Gasteiger partial charge in [0, 0.05) is 18.8 Å². The van der Waals surface area contributed by atoms with E-state index < -0.39 is 0 Å². The normalized spacial score (nSPS) is 10.0. The molecule has 2 N–H and O–H groups in total. The first kappa shape index (κ1) is 13.6. The number of hydrogen-bond acceptors (Lipinski definition) is 4. The molecular formula is C11H17N3O2S. The van der Waals surface area contributed by atoms with Gasteiger partial charge < -0.3 is 10.6 Å². The molecule has 0 bridgehead atoms. The van der Waals surface area contributed by atoms with Gasteiger partial charge in [-0.25, -0.2) is 4.98 Å². The van der Waals surface area contributed by atoms with Gasteiger partial charge >= 0.3 is 0 Å². The number of amides is 2. The standard InChI is InChI=1S/C11H17N3O2S/c1-3-4-5-12-10(16)6-9-7-17-11(14-9)13-8(2)15/h7H,3-6H2,1-2H3,(H,12,16)(H,13,14,15). The summed E-state index contributed by atoms with van der Waals surface area (Å²) in [5.41, 5.74) is 0.688. The molecule has 0 aliphatic heterocycles. The number of aromatic nitrogens is 1. The van der Waals surface area contributed by atoms with Crippen LogP contribution in [0, 0.1) is 0 Å². The molecule has 0 unspecified atom stereocenters. The molecule has 0 radical (unpaired) electrons. The van der Waals surface area contributed by atoms with Crippen LogP contribution < -0.4 is 10.6 Å². The van der Waals surface area contributed by atoms with Crippen LogP contribution in [0.15, 0.2) is 5.38 Å². The van der Waals surface area contributed by atoms with Crippen LogP contribution in [-0.2, 0) is 16.0 Å². The van der Waals surface area contributed by atoms with Gasteiger partial charge in [-0.2, -0.15) is 0 Å². The lowest BCUT2D eigenvalue weighted by atomic mass is 10.3. The van der Waals surface area contributed by atoms with Crippen LogP contribution in [0.25, 0.3) is 0 Å². The largest absolute Gasteiger partial charge is 0.356 e. The van der Waals surface area contributed by atoms with Crippen molar-refractivity contribution >= 4 is 28.3 Å². The summed E-state index contributed by atoms with van der Waals surface area (Å²) < 4.78 is 0. The Morgan fingerprint density at radius 3 is 2.88 bits per heavy atom. The van der Waals surface area contributed by atoms with Crippen LogP contribution in [0.4, 0.5) is 5.13 Å². The summed E-state index contributed by atoms with van der Waals surface area (Å²) in [7, 11) is 0. The zero-order valence-electron chi connectivity index (χ0n) is 10.1. The molecule has 0 aliphatic carbocycles. The van der Waals surface area contributed by atoms with Crippen LogP contribution in [-0.4, -0.2) is 23.3 Å². The smallest absolute Gasteiger partial charge is 0.226 e. The molecule has 1 aromatic heterocycles. The highest BCUT2D eigenvalue weighted by Crippen LogP contribution is 2.15. The van der Waals surface area contributed by atoms with E-state index in [-0.39, 0.29) is 18.2 Å².